The average Bonchev–Trinajstić information content (AvgIpc) is 2.69. The Morgan fingerprint density at radius 3 is 2.43 bits per heavy atom. The minimum absolute atomic E-state index is 0.0163. The molecule has 0 heterocycles. The van der Waals surface area contributed by atoms with Gasteiger partial charge in [0.15, 0.2) is 6.61 Å². The molecular formula is C21H18F2N2O4S. The van der Waals surface area contributed by atoms with Crippen LogP contribution in [0.15, 0.2) is 71.6 Å². The summed E-state index contributed by atoms with van der Waals surface area (Å²) in [6.45, 7) is 1.38. The van der Waals surface area contributed by atoms with Gasteiger partial charge < -0.3 is 10.1 Å². The maximum Gasteiger partial charge on any atom is 0.262 e. The first-order chi connectivity index (χ1) is 14.2. The summed E-state index contributed by atoms with van der Waals surface area (Å²) in [5.74, 6) is -1.93. The zero-order valence-corrected chi connectivity index (χ0v) is 16.7. The van der Waals surface area contributed by atoms with Crippen LogP contribution in [0.3, 0.4) is 0 Å². The second-order valence-corrected chi connectivity index (χ2v) is 8.09. The van der Waals surface area contributed by atoms with Crippen LogP contribution >= 0.6 is 0 Å². The van der Waals surface area contributed by atoms with Gasteiger partial charge in [-0.2, -0.15) is 0 Å². The van der Waals surface area contributed by atoms with Gasteiger partial charge in [-0.25, -0.2) is 17.2 Å². The normalized spacial score (nSPS) is 11.0. The van der Waals surface area contributed by atoms with Crippen molar-refractivity contribution in [2.45, 2.75) is 11.8 Å². The monoisotopic (exact) mass is 432 g/mol. The first-order valence-corrected chi connectivity index (χ1v) is 10.3. The molecular weight excluding hydrogens is 414 g/mol. The summed E-state index contributed by atoms with van der Waals surface area (Å²) >= 11 is 0. The first kappa shape index (κ1) is 21.3. The zero-order chi connectivity index (χ0) is 21.7. The molecule has 0 aromatic heterocycles. The molecule has 0 atom stereocenters. The van der Waals surface area contributed by atoms with Gasteiger partial charge in [-0.05, 0) is 61.0 Å². The van der Waals surface area contributed by atoms with Crippen molar-refractivity contribution in [1.82, 2.24) is 0 Å². The van der Waals surface area contributed by atoms with Gasteiger partial charge in [0.05, 0.1) is 10.6 Å². The smallest absolute Gasteiger partial charge is 0.262 e. The van der Waals surface area contributed by atoms with E-state index in [1.54, 1.807) is 18.2 Å². The van der Waals surface area contributed by atoms with E-state index in [2.05, 4.69) is 10.0 Å². The number of hydrogen-bond donors (Lipinski definition) is 2. The van der Waals surface area contributed by atoms with E-state index >= 15 is 0 Å². The van der Waals surface area contributed by atoms with E-state index in [0.29, 0.717) is 5.69 Å². The fraction of sp³-hybridized carbons (Fsp3) is 0.0952. The van der Waals surface area contributed by atoms with Gasteiger partial charge in [-0.15, -0.1) is 0 Å². The fourth-order valence-corrected chi connectivity index (χ4v) is 3.62. The molecule has 0 unspecified atom stereocenters. The Labute approximate surface area is 172 Å². The molecule has 0 radical (unpaired) electrons. The van der Waals surface area contributed by atoms with E-state index in [0.717, 1.165) is 23.8 Å². The summed E-state index contributed by atoms with van der Waals surface area (Å²) in [6, 6.07) is 15.1. The van der Waals surface area contributed by atoms with E-state index in [1.807, 2.05) is 13.0 Å². The number of nitrogens with one attached hydrogen (secondary N) is 2. The minimum atomic E-state index is -3.79. The highest BCUT2D eigenvalue weighted by atomic mass is 32.2. The van der Waals surface area contributed by atoms with E-state index in [4.69, 9.17) is 4.74 Å². The van der Waals surface area contributed by atoms with Gasteiger partial charge in [0, 0.05) is 11.8 Å². The third kappa shape index (κ3) is 5.54. The standard InChI is InChI=1S/C21H18F2N2O4S/c1-14-3-2-4-16(11-14)25-30(27,28)18-8-6-17(7-9-18)29-13-21(26)24-20-12-15(22)5-10-19(20)23/h2-12,25H,13H2,1H3,(H,24,26). The van der Waals surface area contributed by atoms with Crippen LogP contribution in [0.1, 0.15) is 5.56 Å². The Morgan fingerprint density at radius 1 is 1.00 bits per heavy atom. The highest BCUT2D eigenvalue weighted by Crippen LogP contribution is 2.20. The van der Waals surface area contributed by atoms with Gasteiger partial charge in [0.25, 0.3) is 15.9 Å². The van der Waals surface area contributed by atoms with Crippen molar-refractivity contribution in [2.24, 2.45) is 0 Å². The lowest BCUT2D eigenvalue weighted by molar-refractivity contribution is -0.118. The number of ether oxygens (including phenoxy) is 1. The summed E-state index contributed by atoms with van der Waals surface area (Å²) in [5, 5.41) is 2.20. The van der Waals surface area contributed by atoms with Gasteiger partial charge >= 0.3 is 0 Å². The van der Waals surface area contributed by atoms with Crippen molar-refractivity contribution < 1.29 is 26.7 Å². The van der Waals surface area contributed by atoms with Crippen LogP contribution in [-0.4, -0.2) is 20.9 Å². The lowest BCUT2D eigenvalue weighted by atomic mass is 10.2. The number of rotatable bonds is 7. The molecule has 0 saturated carbocycles. The van der Waals surface area contributed by atoms with Crippen LogP contribution in [-0.2, 0) is 14.8 Å². The number of anilines is 2. The van der Waals surface area contributed by atoms with Crippen molar-refractivity contribution >= 4 is 27.3 Å². The molecule has 30 heavy (non-hydrogen) atoms. The second-order valence-electron chi connectivity index (χ2n) is 6.41. The number of sulfonamides is 1. The minimum Gasteiger partial charge on any atom is -0.484 e. The highest BCUT2D eigenvalue weighted by Gasteiger charge is 2.15. The molecule has 0 aliphatic heterocycles. The maximum atomic E-state index is 13.5. The highest BCUT2D eigenvalue weighted by molar-refractivity contribution is 7.92. The molecule has 0 spiro atoms. The molecule has 0 bridgehead atoms. The van der Waals surface area contributed by atoms with Crippen LogP contribution in [0.5, 0.6) is 5.75 Å². The van der Waals surface area contributed by atoms with Gasteiger partial charge in [0.1, 0.15) is 17.4 Å². The Balaban J connectivity index is 1.60. The van der Waals surface area contributed by atoms with Crippen LogP contribution < -0.4 is 14.8 Å². The Bertz CT molecular complexity index is 1170. The molecule has 3 rings (SSSR count). The Kier molecular flexibility index (Phi) is 6.31. The van der Waals surface area contributed by atoms with Crippen molar-refractivity contribution in [1.29, 1.82) is 0 Å². The van der Waals surface area contributed by atoms with E-state index in [1.165, 1.54) is 24.3 Å². The third-order valence-electron chi connectivity index (χ3n) is 3.98. The molecule has 2 N–H and O–H groups in total. The topological polar surface area (TPSA) is 84.5 Å². The first-order valence-electron chi connectivity index (χ1n) is 8.80. The number of aryl methyl sites for hydroxylation is 1. The van der Waals surface area contributed by atoms with Crippen LogP contribution in [0, 0.1) is 18.6 Å². The molecule has 156 valence electrons. The molecule has 0 aliphatic carbocycles. The molecule has 6 nitrogen and oxygen atoms in total. The van der Waals surface area contributed by atoms with Crippen LogP contribution in [0.2, 0.25) is 0 Å². The molecule has 9 heteroatoms. The summed E-state index contributed by atoms with van der Waals surface area (Å²) in [5.41, 5.74) is 1.05. The molecule has 1 amide bonds. The predicted molar refractivity (Wildman–Crippen MR) is 109 cm³/mol. The average molecular weight is 432 g/mol. The zero-order valence-electron chi connectivity index (χ0n) is 15.9. The van der Waals surface area contributed by atoms with Gasteiger partial charge in [-0.3, -0.25) is 9.52 Å². The lowest BCUT2D eigenvalue weighted by Gasteiger charge is -2.10. The van der Waals surface area contributed by atoms with Crippen molar-refractivity contribution in [3.05, 3.63) is 83.9 Å². The summed E-state index contributed by atoms with van der Waals surface area (Å²) in [4.78, 5) is 11.9. The van der Waals surface area contributed by atoms with Crippen LogP contribution in [0.25, 0.3) is 0 Å². The molecule has 3 aromatic carbocycles. The Hall–Kier alpha value is -3.46. The predicted octanol–water partition coefficient (Wildman–Crippen LogP) is 4.09. The quantitative estimate of drug-likeness (QED) is 0.589. The number of amides is 1. The van der Waals surface area contributed by atoms with Gasteiger partial charge in [-0.1, -0.05) is 12.1 Å². The molecule has 0 aliphatic rings. The maximum absolute atomic E-state index is 13.5. The number of halogens is 2. The molecule has 3 aromatic rings. The number of hydrogen-bond acceptors (Lipinski definition) is 4. The third-order valence-corrected chi connectivity index (χ3v) is 5.37. The summed E-state index contributed by atoms with van der Waals surface area (Å²) in [6.07, 6.45) is 0. The van der Waals surface area contributed by atoms with Crippen molar-refractivity contribution in [2.75, 3.05) is 16.6 Å². The van der Waals surface area contributed by atoms with Gasteiger partial charge in [0.2, 0.25) is 0 Å². The summed E-state index contributed by atoms with van der Waals surface area (Å²) < 4.78 is 59.4. The van der Waals surface area contributed by atoms with E-state index in [9.17, 15) is 22.0 Å². The van der Waals surface area contributed by atoms with Crippen molar-refractivity contribution in [3.8, 4) is 5.75 Å². The number of benzene rings is 3. The van der Waals surface area contributed by atoms with Crippen LogP contribution in [0.4, 0.5) is 20.2 Å². The fourth-order valence-electron chi connectivity index (χ4n) is 2.57. The van der Waals surface area contributed by atoms with E-state index < -0.39 is 34.2 Å². The second kappa shape index (κ2) is 8.91. The van der Waals surface area contributed by atoms with E-state index in [-0.39, 0.29) is 16.3 Å². The Morgan fingerprint density at radius 2 is 1.73 bits per heavy atom. The lowest BCUT2D eigenvalue weighted by Crippen LogP contribution is -2.21. The number of carbonyl (C=O) groups excluding carboxylic acids is 1. The number of carbonyl (C=O) groups is 1. The van der Waals surface area contributed by atoms with Crippen molar-refractivity contribution in [3.63, 3.8) is 0 Å². The largest absolute Gasteiger partial charge is 0.484 e. The summed E-state index contributed by atoms with van der Waals surface area (Å²) in [7, 11) is -3.79. The molecule has 0 fully saturated rings. The molecule has 0 saturated heterocycles. The SMILES string of the molecule is Cc1cccc(NS(=O)(=O)c2ccc(OCC(=O)Nc3cc(F)ccc3F)cc2)c1.